The summed E-state index contributed by atoms with van der Waals surface area (Å²) < 4.78 is 16.5. The molecule has 8 heteroatoms. The summed E-state index contributed by atoms with van der Waals surface area (Å²) in [5.41, 5.74) is 0.887. The lowest BCUT2D eigenvalue weighted by Gasteiger charge is -2.38. The zero-order chi connectivity index (χ0) is 23.9. The van der Waals surface area contributed by atoms with Crippen molar-refractivity contribution in [2.45, 2.75) is 65.2 Å². The summed E-state index contributed by atoms with van der Waals surface area (Å²) in [6.07, 6.45) is 3.59. The van der Waals surface area contributed by atoms with Gasteiger partial charge in [0.1, 0.15) is 17.5 Å². The molecule has 1 aromatic rings. The maximum atomic E-state index is 13.3. The van der Waals surface area contributed by atoms with Crippen LogP contribution >= 0.6 is 0 Å². The number of ether oxygens (including phenoxy) is 3. The number of quaternary nitrogens is 1. The lowest BCUT2D eigenvalue weighted by molar-refractivity contribution is -0.162. The number of esters is 2. The Morgan fingerprint density at radius 3 is 2.38 bits per heavy atom. The molecule has 0 aliphatic carbocycles. The van der Waals surface area contributed by atoms with Crippen LogP contribution in [0.25, 0.3) is 0 Å². The SMILES string of the molecule is COC(=O)C(=O)C1=NC=C[N+]2(COC(C)(C)C)c3c(cccc31)CC2C(=O)OC(C)(C)C. The minimum Gasteiger partial charge on any atom is -0.463 e. The van der Waals surface area contributed by atoms with E-state index in [1.165, 1.54) is 6.20 Å². The molecular weight excluding hydrogens is 412 g/mol. The molecule has 0 aromatic heterocycles. The van der Waals surface area contributed by atoms with E-state index in [0.29, 0.717) is 17.7 Å². The molecule has 2 aliphatic heterocycles. The van der Waals surface area contributed by atoms with Crippen molar-refractivity contribution >= 4 is 29.1 Å². The maximum absolute atomic E-state index is 13.3. The van der Waals surface area contributed by atoms with Crippen molar-refractivity contribution in [1.82, 2.24) is 4.48 Å². The van der Waals surface area contributed by atoms with Crippen LogP contribution < -0.4 is 4.48 Å². The smallest absolute Gasteiger partial charge is 0.381 e. The fraction of sp³-hybridized carbons (Fsp3) is 0.500. The Morgan fingerprint density at radius 1 is 1.09 bits per heavy atom. The van der Waals surface area contributed by atoms with Crippen molar-refractivity contribution in [2.75, 3.05) is 13.8 Å². The first-order valence-corrected chi connectivity index (χ1v) is 10.5. The van der Waals surface area contributed by atoms with Gasteiger partial charge in [0, 0.05) is 12.0 Å². The summed E-state index contributed by atoms with van der Waals surface area (Å²) in [6.45, 7) is 11.4. The molecule has 0 radical (unpaired) electrons. The minimum atomic E-state index is -0.998. The first-order valence-electron chi connectivity index (χ1n) is 10.5. The van der Waals surface area contributed by atoms with Crippen LogP contribution in [0.4, 0.5) is 5.69 Å². The average Bonchev–Trinajstić information content (AvgIpc) is 2.91. The van der Waals surface area contributed by atoms with Gasteiger partial charge in [0.25, 0.3) is 5.78 Å². The van der Waals surface area contributed by atoms with E-state index in [1.54, 1.807) is 18.3 Å². The van der Waals surface area contributed by atoms with E-state index < -0.39 is 29.0 Å². The van der Waals surface area contributed by atoms with Crippen molar-refractivity contribution in [1.29, 1.82) is 0 Å². The van der Waals surface area contributed by atoms with E-state index in [4.69, 9.17) is 9.47 Å². The van der Waals surface area contributed by atoms with Gasteiger partial charge < -0.3 is 14.2 Å². The van der Waals surface area contributed by atoms with Crippen LogP contribution in [-0.2, 0) is 35.0 Å². The molecule has 2 heterocycles. The molecule has 32 heavy (non-hydrogen) atoms. The van der Waals surface area contributed by atoms with Gasteiger partial charge in [0.05, 0.1) is 24.5 Å². The normalized spacial score (nSPS) is 22.0. The molecule has 0 spiro atoms. The molecule has 8 nitrogen and oxygen atoms in total. The quantitative estimate of drug-likeness (QED) is 0.395. The second-order valence-corrected chi connectivity index (χ2v) is 9.98. The predicted molar refractivity (Wildman–Crippen MR) is 120 cm³/mol. The van der Waals surface area contributed by atoms with Crippen LogP contribution in [0.2, 0.25) is 0 Å². The van der Waals surface area contributed by atoms with Crippen LogP contribution in [0.3, 0.4) is 0 Å². The molecule has 2 unspecified atom stereocenters. The number of ketones is 1. The Balaban J connectivity index is 2.18. The molecule has 0 saturated carbocycles. The zero-order valence-electron chi connectivity index (χ0n) is 19.7. The molecule has 3 rings (SSSR count). The standard InChI is InChI=1S/C24H31N2O6/c1-23(2,3)31-14-26-12-11-25-18(20(27)22(29)30-7)16-10-8-9-15(19(16)26)13-17(26)21(28)32-24(4,5)6/h8-12,17H,13-14H2,1-7H3/q+1. The van der Waals surface area contributed by atoms with Gasteiger partial charge in [-0.3, -0.25) is 4.79 Å². The molecule has 0 N–H and O–H groups in total. The molecule has 2 aliphatic rings. The maximum Gasteiger partial charge on any atom is 0.381 e. The number of para-hydroxylation sites is 1. The van der Waals surface area contributed by atoms with Crippen LogP contribution in [0.5, 0.6) is 0 Å². The van der Waals surface area contributed by atoms with E-state index in [0.717, 1.165) is 12.7 Å². The summed E-state index contributed by atoms with van der Waals surface area (Å²) in [5.74, 6) is -2.21. The Hall–Kier alpha value is -2.84. The van der Waals surface area contributed by atoms with E-state index in [9.17, 15) is 14.4 Å². The molecule has 0 amide bonds. The Labute approximate surface area is 188 Å². The molecule has 0 bridgehead atoms. The van der Waals surface area contributed by atoms with Crippen molar-refractivity contribution in [3.05, 3.63) is 41.7 Å². The van der Waals surface area contributed by atoms with Gasteiger partial charge in [-0.05, 0) is 47.6 Å². The fourth-order valence-electron chi connectivity index (χ4n) is 3.95. The lowest BCUT2D eigenvalue weighted by atomic mass is 10.00. The number of hydrogen-bond acceptors (Lipinski definition) is 7. The second-order valence-electron chi connectivity index (χ2n) is 9.98. The number of hydrogen-bond donors (Lipinski definition) is 0. The highest BCUT2D eigenvalue weighted by molar-refractivity contribution is 6.67. The van der Waals surface area contributed by atoms with E-state index in [-0.39, 0.29) is 22.9 Å². The number of nitrogens with zero attached hydrogens (tertiary/aromatic N) is 2. The third-order valence-electron chi connectivity index (χ3n) is 5.27. The Bertz CT molecular complexity index is 1010. The van der Waals surface area contributed by atoms with Crippen LogP contribution in [0.1, 0.15) is 52.7 Å². The molecule has 0 saturated heterocycles. The third kappa shape index (κ3) is 4.52. The summed E-state index contributed by atoms with van der Waals surface area (Å²) in [6, 6.07) is 4.79. The monoisotopic (exact) mass is 443 g/mol. The van der Waals surface area contributed by atoms with Crippen LogP contribution in [0, 0.1) is 0 Å². The van der Waals surface area contributed by atoms with E-state index >= 15 is 0 Å². The number of carbonyl (C=O) groups is 3. The molecule has 1 aromatic carbocycles. The van der Waals surface area contributed by atoms with Crippen molar-refractivity contribution in [3.8, 4) is 0 Å². The summed E-state index contributed by atoms with van der Waals surface area (Å²) in [4.78, 5) is 42.4. The van der Waals surface area contributed by atoms with Crippen molar-refractivity contribution in [3.63, 3.8) is 0 Å². The predicted octanol–water partition coefficient (Wildman–Crippen LogP) is 3.05. The Kier molecular flexibility index (Phi) is 6.14. The highest BCUT2D eigenvalue weighted by atomic mass is 16.6. The van der Waals surface area contributed by atoms with Gasteiger partial charge in [-0.2, -0.15) is 0 Å². The average molecular weight is 444 g/mol. The molecular formula is C24H31N2O6+. The van der Waals surface area contributed by atoms with Gasteiger partial charge in [-0.1, -0.05) is 12.1 Å². The summed E-state index contributed by atoms with van der Waals surface area (Å²) in [7, 11) is 1.15. The van der Waals surface area contributed by atoms with Gasteiger partial charge >= 0.3 is 11.9 Å². The molecule has 0 fully saturated rings. The molecule has 172 valence electrons. The number of methoxy groups -OCH3 is 1. The van der Waals surface area contributed by atoms with Gasteiger partial charge in [-0.25, -0.2) is 19.1 Å². The van der Waals surface area contributed by atoms with E-state index in [2.05, 4.69) is 9.73 Å². The highest BCUT2D eigenvalue weighted by Gasteiger charge is 2.54. The third-order valence-corrected chi connectivity index (χ3v) is 5.27. The van der Waals surface area contributed by atoms with Gasteiger partial charge in [0.2, 0.25) is 6.04 Å². The zero-order valence-corrected chi connectivity index (χ0v) is 19.7. The highest BCUT2D eigenvalue weighted by Crippen LogP contribution is 2.45. The number of aliphatic imine (C=N–C) groups is 1. The van der Waals surface area contributed by atoms with E-state index in [1.807, 2.05) is 47.6 Å². The first kappa shape index (κ1) is 23.8. The van der Waals surface area contributed by atoms with Crippen LogP contribution in [-0.4, -0.2) is 54.5 Å². The largest absolute Gasteiger partial charge is 0.463 e. The second kappa shape index (κ2) is 8.26. The summed E-state index contributed by atoms with van der Waals surface area (Å²) >= 11 is 0. The first-order chi connectivity index (χ1) is 14.8. The molecule has 2 atom stereocenters. The summed E-state index contributed by atoms with van der Waals surface area (Å²) in [5, 5.41) is 0. The van der Waals surface area contributed by atoms with Crippen molar-refractivity contribution < 1.29 is 28.6 Å². The fourth-order valence-corrected chi connectivity index (χ4v) is 3.95. The number of benzene rings is 1. The number of carbonyl (C=O) groups excluding carboxylic acids is 3. The lowest BCUT2D eigenvalue weighted by Crippen LogP contribution is -2.57. The topological polar surface area (TPSA) is 91.3 Å². The number of rotatable bonds is 5. The van der Waals surface area contributed by atoms with Crippen molar-refractivity contribution in [2.24, 2.45) is 4.99 Å². The van der Waals surface area contributed by atoms with Gasteiger partial charge in [0.15, 0.2) is 12.4 Å². The minimum absolute atomic E-state index is 0.0147. The Morgan fingerprint density at radius 2 is 1.78 bits per heavy atom. The number of Topliss-reactive ketones (excluding diaryl/α,β-unsaturated/α-hetero) is 1. The van der Waals surface area contributed by atoms with Crippen LogP contribution in [0.15, 0.2) is 35.6 Å². The van der Waals surface area contributed by atoms with Gasteiger partial charge in [-0.15, -0.1) is 0 Å².